The fourth-order valence-corrected chi connectivity index (χ4v) is 3.16. The molecule has 0 atom stereocenters. The summed E-state index contributed by atoms with van der Waals surface area (Å²) in [7, 11) is 0. The lowest BCUT2D eigenvalue weighted by Gasteiger charge is -2.21. The SMILES string of the molecule is Cc1ccc(Nc2c(C)c(C)c(C)c(C)c2C)c(CC(=O)OCC(=O)O)c1. The average molecular weight is 369 g/mol. The second-order valence-electron chi connectivity index (χ2n) is 7.02. The van der Waals surface area contributed by atoms with E-state index in [0.29, 0.717) is 0 Å². The van der Waals surface area contributed by atoms with Crippen LogP contribution in [-0.4, -0.2) is 23.7 Å². The molecule has 0 saturated carbocycles. The zero-order valence-corrected chi connectivity index (χ0v) is 16.8. The van der Waals surface area contributed by atoms with E-state index in [0.717, 1.165) is 22.5 Å². The molecule has 27 heavy (non-hydrogen) atoms. The van der Waals surface area contributed by atoms with Crippen LogP contribution < -0.4 is 5.32 Å². The van der Waals surface area contributed by atoms with E-state index in [1.165, 1.54) is 27.8 Å². The number of carbonyl (C=O) groups excluding carboxylic acids is 1. The lowest BCUT2D eigenvalue weighted by Crippen LogP contribution is -2.15. The molecule has 0 unspecified atom stereocenters. The maximum atomic E-state index is 12.0. The molecular weight excluding hydrogens is 342 g/mol. The minimum Gasteiger partial charge on any atom is -0.479 e. The first-order chi connectivity index (χ1) is 12.6. The first-order valence-corrected chi connectivity index (χ1v) is 8.92. The van der Waals surface area contributed by atoms with Crippen molar-refractivity contribution in [3.8, 4) is 0 Å². The smallest absolute Gasteiger partial charge is 0.341 e. The quantitative estimate of drug-likeness (QED) is 0.736. The van der Waals surface area contributed by atoms with Gasteiger partial charge in [-0.3, -0.25) is 4.79 Å². The first kappa shape index (κ1) is 20.5. The molecule has 0 radical (unpaired) electrons. The van der Waals surface area contributed by atoms with Crippen molar-refractivity contribution >= 4 is 23.3 Å². The molecule has 0 aliphatic carbocycles. The largest absolute Gasteiger partial charge is 0.479 e. The van der Waals surface area contributed by atoms with Crippen molar-refractivity contribution in [3.05, 3.63) is 57.1 Å². The number of carbonyl (C=O) groups is 2. The summed E-state index contributed by atoms with van der Waals surface area (Å²) in [5.41, 5.74) is 9.79. The minimum absolute atomic E-state index is 0.0131. The number of hydrogen-bond donors (Lipinski definition) is 2. The summed E-state index contributed by atoms with van der Waals surface area (Å²) in [4.78, 5) is 22.6. The lowest BCUT2D eigenvalue weighted by atomic mass is 9.92. The predicted molar refractivity (Wildman–Crippen MR) is 107 cm³/mol. The second-order valence-corrected chi connectivity index (χ2v) is 7.02. The Morgan fingerprint density at radius 2 is 1.48 bits per heavy atom. The number of benzene rings is 2. The van der Waals surface area contributed by atoms with Gasteiger partial charge in [-0.05, 0) is 81.0 Å². The molecule has 0 aliphatic heterocycles. The molecule has 0 heterocycles. The Labute approximate surface area is 160 Å². The summed E-state index contributed by atoms with van der Waals surface area (Å²) in [6.07, 6.45) is 0.0131. The van der Waals surface area contributed by atoms with E-state index in [9.17, 15) is 9.59 Å². The Kier molecular flexibility index (Phi) is 6.26. The molecule has 0 amide bonds. The molecule has 5 heteroatoms. The number of nitrogens with one attached hydrogen (secondary N) is 1. The first-order valence-electron chi connectivity index (χ1n) is 8.92. The van der Waals surface area contributed by atoms with Crippen LogP contribution in [0.25, 0.3) is 0 Å². The van der Waals surface area contributed by atoms with Gasteiger partial charge in [-0.15, -0.1) is 0 Å². The molecule has 0 fully saturated rings. The van der Waals surface area contributed by atoms with Gasteiger partial charge in [-0.1, -0.05) is 17.7 Å². The molecule has 0 aliphatic rings. The Balaban J connectivity index is 2.38. The Bertz CT molecular complexity index is 871. The number of aryl methyl sites for hydroxylation is 1. The zero-order valence-electron chi connectivity index (χ0n) is 16.8. The van der Waals surface area contributed by atoms with Gasteiger partial charge < -0.3 is 15.2 Å². The average Bonchev–Trinajstić information content (AvgIpc) is 2.62. The number of carboxylic acid groups (broad SMARTS) is 1. The van der Waals surface area contributed by atoms with Crippen LogP contribution in [0.4, 0.5) is 11.4 Å². The van der Waals surface area contributed by atoms with Crippen molar-refractivity contribution in [2.24, 2.45) is 0 Å². The van der Waals surface area contributed by atoms with E-state index in [-0.39, 0.29) is 6.42 Å². The number of esters is 1. The monoisotopic (exact) mass is 369 g/mol. The summed E-state index contributed by atoms with van der Waals surface area (Å²) in [5, 5.41) is 12.2. The summed E-state index contributed by atoms with van der Waals surface area (Å²) in [5.74, 6) is -1.72. The maximum Gasteiger partial charge on any atom is 0.341 e. The molecule has 144 valence electrons. The van der Waals surface area contributed by atoms with E-state index < -0.39 is 18.5 Å². The number of ether oxygens (including phenoxy) is 1. The third-order valence-corrected chi connectivity index (χ3v) is 5.21. The van der Waals surface area contributed by atoms with Crippen molar-refractivity contribution in [1.29, 1.82) is 0 Å². The second kappa shape index (κ2) is 8.25. The molecule has 0 bridgehead atoms. The van der Waals surface area contributed by atoms with E-state index >= 15 is 0 Å². The van der Waals surface area contributed by atoms with Crippen LogP contribution in [-0.2, 0) is 20.7 Å². The molecule has 0 spiro atoms. The van der Waals surface area contributed by atoms with Crippen molar-refractivity contribution < 1.29 is 19.4 Å². The van der Waals surface area contributed by atoms with Gasteiger partial charge in [0.15, 0.2) is 6.61 Å². The highest BCUT2D eigenvalue weighted by Gasteiger charge is 2.16. The Morgan fingerprint density at radius 1 is 0.926 bits per heavy atom. The number of hydrogen-bond acceptors (Lipinski definition) is 4. The number of aliphatic carboxylic acids is 1. The van der Waals surface area contributed by atoms with Crippen LogP contribution in [0.3, 0.4) is 0 Å². The molecule has 2 rings (SSSR count). The molecular formula is C22H27NO4. The number of rotatable bonds is 6. The van der Waals surface area contributed by atoms with Gasteiger partial charge in [0.2, 0.25) is 0 Å². The molecule has 0 saturated heterocycles. The van der Waals surface area contributed by atoms with Gasteiger partial charge in [0.05, 0.1) is 6.42 Å². The van der Waals surface area contributed by atoms with E-state index in [2.05, 4.69) is 39.9 Å². The van der Waals surface area contributed by atoms with Gasteiger partial charge in [0.25, 0.3) is 0 Å². The summed E-state index contributed by atoms with van der Waals surface area (Å²) >= 11 is 0. The van der Waals surface area contributed by atoms with Crippen LogP contribution in [0.5, 0.6) is 0 Å². The molecule has 0 aromatic heterocycles. The van der Waals surface area contributed by atoms with Crippen LogP contribution in [0.15, 0.2) is 18.2 Å². The maximum absolute atomic E-state index is 12.0. The number of carboxylic acids is 1. The van der Waals surface area contributed by atoms with Crippen molar-refractivity contribution in [3.63, 3.8) is 0 Å². The van der Waals surface area contributed by atoms with Gasteiger partial charge in [0, 0.05) is 11.4 Å². The van der Waals surface area contributed by atoms with Crippen LogP contribution in [0, 0.1) is 41.5 Å². The molecule has 2 aromatic rings. The van der Waals surface area contributed by atoms with Crippen LogP contribution >= 0.6 is 0 Å². The lowest BCUT2D eigenvalue weighted by molar-refractivity contribution is -0.154. The fraction of sp³-hybridized carbons (Fsp3) is 0.364. The van der Waals surface area contributed by atoms with Crippen molar-refractivity contribution in [2.75, 3.05) is 11.9 Å². The van der Waals surface area contributed by atoms with E-state index in [1.807, 2.05) is 25.1 Å². The topological polar surface area (TPSA) is 75.6 Å². The summed E-state index contributed by atoms with van der Waals surface area (Å²) in [6, 6.07) is 5.84. The van der Waals surface area contributed by atoms with Gasteiger partial charge in [-0.2, -0.15) is 0 Å². The van der Waals surface area contributed by atoms with Gasteiger partial charge >= 0.3 is 11.9 Å². The third kappa shape index (κ3) is 4.67. The third-order valence-electron chi connectivity index (χ3n) is 5.21. The van der Waals surface area contributed by atoms with Gasteiger partial charge in [-0.25, -0.2) is 4.79 Å². The minimum atomic E-state index is -1.16. The van der Waals surface area contributed by atoms with Crippen LogP contribution in [0.2, 0.25) is 0 Å². The normalized spacial score (nSPS) is 10.6. The molecule has 2 aromatic carbocycles. The Morgan fingerprint density at radius 3 is 2.04 bits per heavy atom. The summed E-state index contributed by atoms with van der Waals surface area (Å²) < 4.78 is 4.79. The van der Waals surface area contributed by atoms with Gasteiger partial charge in [0.1, 0.15) is 0 Å². The highest BCUT2D eigenvalue weighted by atomic mass is 16.5. The van der Waals surface area contributed by atoms with Crippen molar-refractivity contribution in [2.45, 2.75) is 48.0 Å². The standard InChI is InChI=1S/C22H27NO4/c1-12-7-8-19(18(9-12)10-21(26)27-11-20(24)25)23-22-16(5)14(3)13(2)15(4)17(22)6/h7-9,23H,10-11H2,1-6H3,(H,24,25). The predicted octanol–water partition coefficient (Wildman–Crippen LogP) is 4.45. The Hall–Kier alpha value is -2.82. The van der Waals surface area contributed by atoms with Crippen molar-refractivity contribution in [1.82, 2.24) is 0 Å². The highest BCUT2D eigenvalue weighted by molar-refractivity contribution is 5.80. The highest BCUT2D eigenvalue weighted by Crippen LogP contribution is 2.33. The molecule has 5 nitrogen and oxygen atoms in total. The van der Waals surface area contributed by atoms with E-state index in [4.69, 9.17) is 9.84 Å². The van der Waals surface area contributed by atoms with E-state index in [1.54, 1.807) is 0 Å². The van der Waals surface area contributed by atoms with Crippen LogP contribution in [0.1, 0.15) is 38.9 Å². The number of anilines is 2. The molecule has 2 N–H and O–H groups in total. The zero-order chi connectivity index (χ0) is 20.3. The fourth-order valence-electron chi connectivity index (χ4n) is 3.16. The summed E-state index contributed by atoms with van der Waals surface area (Å²) in [6.45, 7) is 11.9.